The van der Waals surface area contributed by atoms with Crippen LogP contribution in [-0.4, -0.2) is 5.33 Å². The van der Waals surface area contributed by atoms with Gasteiger partial charge in [-0.15, -0.1) is 21.3 Å². The first-order chi connectivity index (χ1) is 1.91. The predicted molar refractivity (Wildman–Crippen MR) is 27.0 cm³/mol. The molecule has 0 spiro atoms. The molecule has 0 bridgehead atoms. The molecule has 0 N–H and O–H groups in total. The van der Waals surface area contributed by atoms with Crippen molar-refractivity contribution in [1.82, 2.24) is 0 Å². The third kappa shape index (κ3) is 28.1. The van der Waals surface area contributed by atoms with E-state index in [9.17, 15) is 0 Å². The predicted octanol–water partition coefficient (Wildman–Crippen LogP) is 1.93. The van der Waals surface area contributed by atoms with Crippen LogP contribution in [0.15, 0.2) is 0 Å². The van der Waals surface area contributed by atoms with Gasteiger partial charge in [-0.3, -0.25) is 5.33 Å². The molecule has 0 rings (SSSR count). The second kappa shape index (κ2) is 23.2. The van der Waals surface area contributed by atoms with Crippen molar-refractivity contribution in [3.8, 4) is 0 Å². The molecule has 7 heavy (non-hydrogen) atoms. The Morgan fingerprint density at radius 3 is 1.29 bits per heavy atom. The van der Waals surface area contributed by atoms with E-state index in [1.807, 2.05) is 5.33 Å². The SMILES string of the molecule is Br[CH-]CBr.[Zn].[Zn].[Zn]. The van der Waals surface area contributed by atoms with Crippen molar-refractivity contribution in [3.05, 3.63) is 5.33 Å². The van der Waals surface area contributed by atoms with Crippen LogP contribution in [0.3, 0.4) is 0 Å². The Morgan fingerprint density at radius 2 is 1.29 bits per heavy atom. The molecular weight excluding hydrogens is 380 g/mol. The Hall–Kier alpha value is 2.83. The van der Waals surface area contributed by atoms with Crippen LogP contribution in [0.2, 0.25) is 0 Å². The molecule has 0 fully saturated rings. The van der Waals surface area contributed by atoms with Gasteiger partial charge in [0.25, 0.3) is 0 Å². The molecule has 0 saturated heterocycles. The molecule has 0 aliphatic carbocycles. The molecule has 5 heteroatoms. The van der Waals surface area contributed by atoms with Crippen LogP contribution in [0.1, 0.15) is 0 Å². The number of hydrogen-bond donors (Lipinski definition) is 0. The van der Waals surface area contributed by atoms with Gasteiger partial charge in [0.05, 0.1) is 0 Å². The summed E-state index contributed by atoms with van der Waals surface area (Å²) < 4.78 is 0. The quantitative estimate of drug-likeness (QED) is 0.369. The smallest absolute Gasteiger partial charge is 0 e. The van der Waals surface area contributed by atoms with Crippen molar-refractivity contribution in [1.29, 1.82) is 0 Å². The zero-order valence-electron chi connectivity index (χ0n) is 4.16. The van der Waals surface area contributed by atoms with E-state index in [4.69, 9.17) is 0 Å². The van der Waals surface area contributed by atoms with Gasteiger partial charge < -0.3 is 15.9 Å². The standard InChI is InChI=1S/C2H3Br2.3Zn/c3-1-2-4;;;/h1H,2H2;;;/q-1;;;. The molecule has 0 aromatic rings. The van der Waals surface area contributed by atoms with Gasteiger partial charge in [0, 0.05) is 58.4 Å². The van der Waals surface area contributed by atoms with Crippen LogP contribution in [0.5, 0.6) is 0 Å². The Bertz CT molecular complexity index is 12.9. The van der Waals surface area contributed by atoms with Gasteiger partial charge in [0.2, 0.25) is 0 Å². The van der Waals surface area contributed by atoms with E-state index < -0.39 is 0 Å². The summed E-state index contributed by atoms with van der Waals surface area (Å²) in [5.74, 6) is 0. The van der Waals surface area contributed by atoms with Crippen LogP contribution in [0.4, 0.5) is 0 Å². The van der Waals surface area contributed by atoms with Crippen molar-refractivity contribution in [2.75, 3.05) is 5.33 Å². The maximum absolute atomic E-state index is 3.15. The second-order valence-corrected chi connectivity index (χ2v) is 1.60. The molecule has 0 amide bonds. The summed E-state index contributed by atoms with van der Waals surface area (Å²) >= 11 is 6.22. The Balaban J connectivity index is -0.0000000150. The fourth-order valence-electron chi connectivity index (χ4n) is 0. The van der Waals surface area contributed by atoms with E-state index in [1.54, 1.807) is 0 Å². The molecule has 0 aromatic heterocycles. The number of halogens is 2. The Labute approximate surface area is 99.5 Å². The van der Waals surface area contributed by atoms with Gasteiger partial charge in [0.1, 0.15) is 0 Å². The average Bonchev–Trinajstić information content (AvgIpc) is 1.37. The van der Waals surface area contributed by atoms with E-state index in [2.05, 4.69) is 31.9 Å². The molecule has 0 saturated carbocycles. The summed E-state index contributed by atoms with van der Waals surface area (Å²) in [6.07, 6.45) is 0. The third-order valence-corrected chi connectivity index (χ3v) is 1.57. The minimum atomic E-state index is 0. The van der Waals surface area contributed by atoms with Crippen molar-refractivity contribution < 1.29 is 58.4 Å². The van der Waals surface area contributed by atoms with Crippen LogP contribution in [0.25, 0.3) is 0 Å². The molecule has 0 atom stereocenters. The molecular formula is C2H3Br2Zn3-. The van der Waals surface area contributed by atoms with Crippen molar-refractivity contribution in [3.63, 3.8) is 0 Å². The Morgan fingerprint density at radius 1 is 1.14 bits per heavy atom. The molecule has 0 aromatic carbocycles. The molecule has 32 valence electrons. The van der Waals surface area contributed by atoms with Crippen LogP contribution < -0.4 is 0 Å². The van der Waals surface area contributed by atoms with Crippen molar-refractivity contribution >= 4 is 31.9 Å². The van der Waals surface area contributed by atoms with Gasteiger partial charge in [-0.2, -0.15) is 0 Å². The minimum Gasteiger partial charge on any atom is -0.319 e. The van der Waals surface area contributed by atoms with Gasteiger partial charge in [-0.25, -0.2) is 0 Å². The number of alkyl halides is 1. The maximum atomic E-state index is 3.15. The van der Waals surface area contributed by atoms with E-state index in [1.165, 1.54) is 0 Å². The molecule has 0 unspecified atom stereocenters. The van der Waals surface area contributed by atoms with Gasteiger partial charge in [0.15, 0.2) is 0 Å². The zero-order valence-corrected chi connectivity index (χ0v) is 16.2. The first-order valence-electron chi connectivity index (χ1n) is 0.894. The molecule has 0 aliphatic heterocycles. The Kier molecular flexibility index (Phi) is 74.8. The van der Waals surface area contributed by atoms with Gasteiger partial charge >= 0.3 is 0 Å². The minimum absolute atomic E-state index is 0. The van der Waals surface area contributed by atoms with Crippen LogP contribution in [0, 0.1) is 5.33 Å². The van der Waals surface area contributed by atoms with E-state index >= 15 is 0 Å². The van der Waals surface area contributed by atoms with Gasteiger partial charge in [-0.1, -0.05) is 0 Å². The zero-order chi connectivity index (χ0) is 3.41. The average molecular weight is 383 g/mol. The molecule has 0 radical (unpaired) electrons. The summed E-state index contributed by atoms with van der Waals surface area (Å²) in [6, 6.07) is 0. The van der Waals surface area contributed by atoms with Crippen molar-refractivity contribution in [2.45, 2.75) is 0 Å². The molecule has 0 nitrogen and oxygen atoms in total. The normalized spacial score (nSPS) is 4.29. The van der Waals surface area contributed by atoms with E-state index in [0.29, 0.717) is 0 Å². The fraction of sp³-hybridized carbons (Fsp3) is 0.500. The van der Waals surface area contributed by atoms with Crippen LogP contribution in [-0.2, 0) is 58.4 Å². The van der Waals surface area contributed by atoms with Crippen molar-refractivity contribution in [2.24, 2.45) is 0 Å². The third-order valence-electron chi connectivity index (χ3n) is 0.0583. The first-order valence-corrected chi connectivity index (χ1v) is 2.93. The summed E-state index contributed by atoms with van der Waals surface area (Å²) in [5.41, 5.74) is 0. The van der Waals surface area contributed by atoms with E-state index in [0.717, 1.165) is 5.33 Å². The summed E-state index contributed by atoms with van der Waals surface area (Å²) in [5, 5.41) is 2.78. The fourth-order valence-corrected chi connectivity index (χ4v) is 0. The first kappa shape index (κ1) is 22.5. The summed E-state index contributed by atoms with van der Waals surface area (Å²) in [7, 11) is 0. The van der Waals surface area contributed by atoms with E-state index in [-0.39, 0.29) is 58.4 Å². The number of hydrogen-bond acceptors (Lipinski definition) is 0. The largest absolute Gasteiger partial charge is 0.319 e. The summed E-state index contributed by atoms with van der Waals surface area (Å²) in [6.45, 7) is 0. The maximum Gasteiger partial charge on any atom is 0 e. The summed E-state index contributed by atoms with van der Waals surface area (Å²) in [4.78, 5) is 0. The topological polar surface area (TPSA) is 0 Å². The van der Waals surface area contributed by atoms with Crippen LogP contribution >= 0.6 is 31.9 Å². The number of rotatable bonds is 1. The molecule has 0 heterocycles. The van der Waals surface area contributed by atoms with Gasteiger partial charge in [-0.05, 0) is 0 Å². The monoisotopic (exact) mass is 377 g/mol. The second-order valence-electron chi connectivity index (χ2n) is 0.309. The molecule has 0 aliphatic rings.